The maximum atomic E-state index is 5.65. The van der Waals surface area contributed by atoms with Gasteiger partial charge in [-0.2, -0.15) is 0 Å². The van der Waals surface area contributed by atoms with Crippen molar-refractivity contribution in [2.75, 3.05) is 13.2 Å². The van der Waals surface area contributed by atoms with E-state index in [-0.39, 0.29) is 0 Å². The number of ether oxygens (including phenoxy) is 1. The Morgan fingerprint density at radius 3 is 1.87 bits per heavy atom. The molecule has 1 nitrogen and oxygen atoms in total. The largest absolute Gasteiger partial charge is 0.381 e. The molecule has 92 valence electrons. The normalized spacial score (nSPS) is 16.0. The van der Waals surface area contributed by atoms with Crippen molar-refractivity contribution in [2.24, 2.45) is 17.8 Å². The Morgan fingerprint density at radius 2 is 1.47 bits per heavy atom. The van der Waals surface area contributed by atoms with Gasteiger partial charge < -0.3 is 4.74 Å². The molecule has 0 aromatic carbocycles. The van der Waals surface area contributed by atoms with Crippen LogP contribution in [0.5, 0.6) is 0 Å². The van der Waals surface area contributed by atoms with Crippen molar-refractivity contribution in [3.8, 4) is 0 Å². The van der Waals surface area contributed by atoms with Gasteiger partial charge in [-0.15, -0.1) is 0 Å². The molecule has 0 spiro atoms. The molecule has 2 unspecified atom stereocenters. The minimum Gasteiger partial charge on any atom is -0.381 e. The first-order valence-electron chi connectivity index (χ1n) is 6.17. The maximum absolute atomic E-state index is 5.65. The van der Waals surface area contributed by atoms with E-state index < -0.39 is 0 Å². The standard InChI is InChI=1S/C13H27BrO/c1-10(2)6-8-15-9-7-13(11(3)4)12(5)14/h10-13H,6-9H2,1-5H3. The number of halogens is 1. The summed E-state index contributed by atoms with van der Waals surface area (Å²) in [6.45, 7) is 13.1. The third-order valence-electron chi connectivity index (χ3n) is 2.88. The highest BCUT2D eigenvalue weighted by atomic mass is 79.9. The summed E-state index contributed by atoms with van der Waals surface area (Å²) >= 11 is 3.68. The van der Waals surface area contributed by atoms with Crippen LogP contribution < -0.4 is 0 Å². The molecule has 0 rings (SSSR count). The van der Waals surface area contributed by atoms with E-state index in [1.807, 2.05) is 0 Å². The lowest BCUT2D eigenvalue weighted by Crippen LogP contribution is -2.20. The van der Waals surface area contributed by atoms with E-state index in [1.165, 1.54) is 12.8 Å². The first-order chi connectivity index (χ1) is 6.95. The molecule has 0 aliphatic heterocycles. The summed E-state index contributed by atoms with van der Waals surface area (Å²) in [6, 6.07) is 0. The van der Waals surface area contributed by atoms with Crippen LogP contribution in [0.3, 0.4) is 0 Å². The molecule has 0 bridgehead atoms. The molecule has 15 heavy (non-hydrogen) atoms. The van der Waals surface area contributed by atoms with Crippen LogP contribution in [-0.4, -0.2) is 18.0 Å². The van der Waals surface area contributed by atoms with Gasteiger partial charge in [0, 0.05) is 18.0 Å². The molecular formula is C13H27BrO. The van der Waals surface area contributed by atoms with E-state index in [0.717, 1.165) is 31.0 Å². The Balaban J connectivity index is 3.55. The monoisotopic (exact) mass is 278 g/mol. The molecular weight excluding hydrogens is 252 g/mol. The van der Waals surface area contributed by atoms with E-state index >= 15 is 0 Å². The zero-order chi connectivity index (χ0) is 11.8. The van der Waals surface area contributed by atoms with Crippen molar-refractivity contribution in [2.45, 2.75) is 52.3 Å². The van der Waals surface area contributed by atoms with Crippen LogP contribution >= 0.6 is 15.9 Å². The molecule has 2 heteroatoms. The van der Waals surface area contributed by atoms with Crippen molar-refractivity contribution in [3.63, 3.8) is 0 Å². The Hall–Kier alpha value is 0.440. The lowest BCUT2D eigenvalue weighted by Gasteiger charge is -2.23. The predicted molar refractivity (Wildman–Crippen MR) is 71.6 cm³/mol. The van der Waals surface area contributed by atoms with Crippen LogP contribution in [0.1, 0.15) is 47.5 Å². The topological polar surface area (TPSA) is 9.23 Å². The molecule has 0 amide bonds. The fourth-order valence-corrected chi connectivity index (χ4v) is 2.61. The highest BCUT2D eigenvalue weighted by Crippen LogP contribution is 2.24. The van der Waals surface area contributed by atoms with Crippen LogP contribution in [0, 0.1) is 17.8 Å². The van der Waals surface area contributed by atoms with Crippen molar-refractivity contribution in [3.05, 3.63) is 0 Å². The van der Waals surface area contributed by atoms with Crippen molar-refractivity contribution < 1.29 is 4.74 Å². The Labute approximate surface area is 104 Å². The third kappa shape index (κ3) is 8.27. The third-order valence-corrected chi connectivity index (χ3v) is 3.56. The van der Waals surface area contributed by atoms with Gasteiger partial charge in [0.1, 0.15) is 0 Å². The molecule has 0 saturated carbocycles. The summed E-state index contributed by atoms with van der Waals surface area (Å²) in [5, 5.41) is 0. The van der Waals surface area contributed by atoms with Gasteiger partial charge in [-0.25, -0.2) is 0 Å². The average Bonchev–Trinajstić information content (AvgIpc) is 2.08. The molecule has 0 fully saturated rings. The van der Waals surface area contributed by atoms with Gasteiger partial charge >= 0.3 is 0 Å². The van der Waals surface area contributed by atoms with Crippen LogP contribution in [0.4, 0.5) is 0 Å². The first kappa shape index (κ1) is 15.4. The van der Waals surface area contributed by atoms with Gasteiger partial charge in [-0.05, 0) is 30.6 Å². The maximum Gasteiger partial charge on any atom is 0.0469 e. The Morgan fingerprint density at radius 1 is 0.933 bits per heavy atom. The van der Waals surface area contributed by atoms with Crippen LogP contribution in [0.25, 0.3) is 0 Å². The summed E-state index contributed by atoms with van der Waals surface area (Å²) in [6.07, 6.45) is 2.35. The molecule has 0 aromatic heterocycles. The van der Waals surface area contributed by atoms with Gasteiger partial charge in [0.25, 0.3) is 0 Å². The van der Waals surface area contributed by atoms with E-state index in [2.05, 4.69) is 50.5 Å². The highest BCUT2D eigenvalue weighted by molar-refractivity contribution is 9.09. The molecule has 0 radical (unpaired) electrons. The molecule has 0 saturated heterocycles. The summed E-state index contributed by atoms with van der Waals surface area (Å²) < 4.78 is 5.65. The summed E-state index contributed by atoms with van der Waals surface area (Å²) in [5.74, 6) is 2.21. The predicted octanol–water partition coefficient (Wildman–Crippen LogP) is 4.49. The second kappa shape index (κ2) is 8.58. The molecule has 0 aliphatic rings. The number of hydrogen-bond donors (Lipinski definition) is 0. The lowest BCUT2D eigenvalue weighted by molar-refractivity contribution is 0.105. The quantitative estimate of drug-likeness (QED) is 0.469. The van der Waals surface area contributed by atoms with Gasteiger partial charge in [0.05, 0.1) is 0 Å². The number of rotatable bonds is 8. The molecule has 0 heterocycles. The summed E-state index contributed by atoms with van der Waals surface area (Å²) in [4.78, 5) is 0.589. The van der Waals surface area contributed by atoms with Gasteiger partial charge in [0.15, 0.2) is 0 Å². The van der Waals surface area contributed by atoms with Crippen LogP contribution in [0.15, 0.2) is 0 Å². The molecule has 0 N–H and O–H groups in total. The molecule has 0 aliphatic carbocycles. The van der Waals surface area contributed by atoms with Gasteiger partial charge in [-0.3, -0.25) is 0 Å². The summed E-state index contributed by atoms with van der Waals surface area (Å²) in [7, 11) is 0. The SMILES string of the molecule is CC(C)CCOCCC(C(C)C)C(C)Br. The summed E-state index contributed by atoms with van der Waals surface area (Å²) in [5.41, 5.74) is 0. The number of alkyl halides is 1. The minimum atomic E-state index is 0.589. The lowest BCUT2D eigenvalue weighted by atomic mass is 9.90. The van der Waals surface area contributed by atoms with E-state index in [9.17, 15) is 0 Å². The second-order valence-corrected chi connectivity index (χ2v) is 6.61. The number of hydrogen-bond acceptors (Lipinski definition) is 1. The van der Waals surface area contributed by atoms with Crippen molar-refractivity contribution in [1.82, 2.24) is 0 Å². The Bertz CT molecular complexity index is 135. The highest BCUT2D eigenvalue weighted by Gasteiger charge is 2.18. The van der Waals surface area contributed by atoms with E-state index in [1.54, 1.807) is 0 Å². The van der Waals surface area contributed by atoms with E-state index in [0.29, 0.717) is 4.83 Å². The Kier molecular flexibility index (Phi) is 8.83. The fraction of sp³-hybridized carbons (Fsp3) is 1.00. The van der Waals surface area contributed by atoms with Gasteiger partial charge in [0.2, 0.25) is 0 Å². The average molecular weight is 279 g/mol. The molecule has 2 atom stereocenters. The van der Waals surface area contributed by atoms with Crippen molar-refractivity contribution >= 4 is 15.9 Å². The fourth-order valence-electron chi connectivity index (χ4n) is 1.73. The smallest absolute Gasteiger partial charge is 0.0469 e. The molecule has 0 aromatic rings. The zero-order valence-corrected chi connectivity index (χ0v) is 12.5. The zero-order valence-electron chi connectivity index (χ0n) is 10.9. The first-order valence-corrected chi connectivity index (χ1v) is 7.08. The second-order valence-electron chi connectivity index (χ2n) is 5.17. The van der Waals surface area contributed by atoms with Crippen LogP contribution in [-0.2, 0) is 4.74 Å². The van der Waals surface area contributed by atoms with Crippen LogP contribution in [0.2, 0.25) is 0 Å². The van der Waals surface area contributed by atoms with E-state index in [4.69, 9.17) is 4.74 Å². The van der Waals surface area contributed by atoms with Gasteiger partial charge in [-0.1, -0.05) is 50.5 Å². The minimum absolute atomic E-state index is 0.589. The van der Waals surface area contributed by atoms with Crippen molar-refractivity contribution in [1.29, 1.82) is 0 Å².